The second-order valence-corrected chi connectivity index (χ2v) is 4.56. The second-order valence-electron chi connectivity index (χ2n) is 3.40. The maximum atomic E-state index is 5.84. The third-order valence-electron chi connectivity index (χ3n) is 2.11. The van der Waals surface area contributed by atoms with E-state index in [2.05, 4.69) is 9.97 Å². The Morgan fingerprint density at radius 3 is 2.94 bits per heavy atom. The fourth-order valence-electron chi connectivity index (χ4n) is 1.40. The van der Waals surface area contributed by atoms with Crippen LogP contribution in [0.4, 0.5) is 11.5 Å². The smallest absolute Gasteiger partial charge is 0.151 e. The van der Waals surface area contributed by atoms with Gasteiger partial charge < -0.3 is 10.6 Å². The SMILES string of the molecule is CN(Cc1cscn1)c1ncc(Cl)cc1N. The molecule has 0 fully saturated rings. The summed E-state index contributed by atoms with van der Waals surface area (Å²) >= 11 is 7.37. The Kier molecular flexibility index (Phi) is 3.26. The highest BCUT2D eigenvalue weighted by Gasteiger charge is 2.08. The van der Waals surface area contributed by atoms with E-state index in [0.29, 0.717) is 17.3 Å². The Morgan fingerprint density at radius 2 is 2.31 bits per heavy atom. The minimum atomic E-state index is 0.545. The molecule has 0 aliphatic carbocycles. The van der Waals surface area contributed by atoms with E-state index < -0.39 is 0 Å². The molecule has 6 heteroatoms. The highest BCUT2D eigenvalue weighted by Crippen LogP contribution is 2.23. The number of anilines is 2. The van der Waals surface area contributed by atoms with E-state index in [1.54, 1.807) is 23.6 Å². The molecule has 2 aromatic heterocycles. The molecule has 0 unspecified atom stereocenters. The lowest BCUT2D eigenvalue weighted by Gasteiger charge is -2.18. The lowest BCUT2D eigenvalue weighted by Crippen LogP contribution is -2.19. The number of hydrogen-bond acceptors (Lipinski definition) is 5. The van der Waals surface area contributed by atoms with Crippen LogP contribution in [0.15, 0.2) is 23.2 Å². The molecule has 0 saturated heterocycles. The molecule has 2 aromatic rings. The zero-order valence-corrected chi connectivity index (χ0v) is 10.3. The Balaban J connectivity index is 2.17. The van der Waals surface area contributed by atoms with Gasteiger partial charge in [-0.25, -0.2) is 9.97 Å². The summed E-state index contributed by atoms with van der Waals surface area (Å²) in [6, 6.07) is 1.70. The number of thiazole rings is 1. The molecule has 2 heterocycles. The Hall–Kier alpha value is -1.33. The molecular formula is C10H11ClN4S. The molecule has 2 rings (SSSR count). The maximum Gasteiger partial charge on any atom is 0.151 e. The zero-order valence-electron chi connectivity index (χ0n) is 8.72. The normalized spacial score (nSPS) is 10.4. The Labute approximate surface area is 103 Å². The summed E-state index contributed by atoms with van der Waals surface area (Å²) in [6.07, 6.45) is 1.59. The lowest BCUT2D eigenvalue weighted by molar-refractivity contribution is 0.876. The van der Waals surface area contributed by atoms with Gasteiger partial charge in [-0.2, -0.15) is 0 Å². The van der Waals surface area contributed by atoms with E-state index in [1.165, 1.54) is 0 Å². The second kappa shape index (κ2) is 4.67. The van der Waals surface area contributed by atoms with Crippen LogP contribution in [0.3, 0.4) is 0 Å². The third-order valence-corrected chi connectivity index (χ3v) is 2.95. The topological polar surface area (TPSA) is 55.0 Å². The molecule has 0 aromatic carbocycles. The van der Waals surface area contributed by atoms with Crippen LogP contribution in [0.1, 0.15) is 5.69 Å². The van der Waals surface area contributed by atoms with Gasteiger partial charge in [0.25, 0.3) is 0 Å². The largest absolute Gasteiger partial charge is 0.396 e. The van der Waals surface area contributed by atoms with Crippen LogP contribution in [-0.2, 0) is 6.54 Å². The first kappa shape index (κ1) is 11.2. The molecule has 0 radical (unpaired) electrons. The highest BCUT2D eigenvalue weighted by molar-refractivity contribution is 7.07. The third kappa shape index (κ3) is 2.43. The zero-order chi connectivity index (χ0) is 11.5. The van der Waals surface area contributed by atoms with E-state index in [0.717, 1.165) is 11.5 Å². The fraction of sp³-hybridized carbons (Fsp3) is 0.200. The predicted molar refractivity (Wildman–Crippen MR) is 67.9 cm³/mol. The number of nitrogen functional groups attached to an aromatic ring is 1. The standard InChI is InChI=1S/C10H11ClN4S/c1-15(4-8-5-16-6-14-8)10-9(12)2-7(11)3-13-10/h2-3,5-6H,4,12H2,1H3. The van der Waals surface area contributed by atoms with Crippen molar-refractivity contribution >= 4 is 34.4 Å². The van der Waals surface area contributed by atoms with E-state index in [4.69, 9.17) is 17.3 Å². The number of nitrogens with zero attached hydrogens (tertiary/aromatic N) is 3. The Morgan fingerprint density at radius 1 is 1.50 bits per heavy atom. The fourth-order valence-corrected chi connectivity index (χ4v) is 2.12. The van der Waals surface area contributed by atoms with Gasteiger partial charge >= 0.3 is 0 Å². The van der Waals surface area contributed by atoms with Gasteiger partial charge in [-0.3, -0.25) is 0 Å². The van der Waals surface area contributed by atoms with Crippen molar-refractivity contribution in [1.29, 1.82) is 0 Å². The number of nitrogens with two attached hydrogens (primary N) is 1. The monoisotopic (exact) mass is 254 g/mol. The first-order chi connectivity index (χ1) is 7.66. The van der Waals surface area contributed by atoms with Gasteiger partial charge in [0.15, 0.2) is 5.82 Å². The van der Waals surface area contributed by atoms with Gasteiger partial charge in [-0.15, -0.1) is 11.3 Å². The molecule has 16 heavy (non-hydrogen) atoms. The van der Waals surface area contributed by atoms with Crippen LogP contribution in [0.5, 0.6) is 0 Å². The van der Waals surface area contributed by atoms with Crippen molar-refractivity contribution in [3.8, 4) is 0 Å². The molecular weight excluding hydrogens is 244 g/mol. The van der Waals surface area contributed by atoms with Crippen molar-refractivity contribution in [2.75, 3.05) is 17.7 Å². The molecule has 84 valence electrons. The van der Waals surface area contributed by atoms with Crippen molar-refractivity contribution in [3.63, 3.8) is 0 Å². The molecule has 2 N–H and O–H groups in total. The van der Waals surface area contributed by atoms with E-state index in [9.17, 15) is 0 Å². The molecule has 0 aliphatic rings. The van der Waals surface area contributed by atoms with Crippen LogP contribution in [0, 0.1) is 0 Å². The van der Waals surface area contributed by atoms with Crippen LogP contribution in [-0.4, -0.2) is 17.0 Å². The molecule has 0 aliphatic heterocycles. The summed E-state index contributed by atoms with van der Waals surface area (Å²) in [4.78, 5) is 10.4. The molecule has 0 spiro atoms. The molecule has 0 amide bonds. The van der Waals surface area contributed by atoms with Gasteiger partial charge in [0, 0.05) is 18.6 Å². The first-order valence-electron chi connectivity index (χ1n) is 4.66. The van der Waals surface area contributed by atoms with Gasteiger partial charge in [0.05, 0.1) is 28.5 Å². The summed E-state index contributed by atoms with van der Waals surface area (Å²) in [5.74, 6) is 0.720. The number of halogens is 1. The number of pyridine rings is 1. The molecule has 0 atom stereocenters. The quantitative estimate of drug-likeness (QED) is 0.914. The van der Waals surface area contributed by atoms with Crippen molar-refractivity contribution in [2.24, 2.45) is 0 Å². The Bertz CT molecular complexity index is 472. The predicted octanol–water partition coefficient (Wildman–Crippen LogP) is 2.41. The number of hydrogen-bond donors (Lipinski definition) is 1. The molecule has 4 nitrogen and oxygen atoms in total. The summed E-state index contributed by atoms with van der Waals surface area (Å²) < 4.78 is 0. The van der Waals surface area contributed by atoms with Gasteiger partial charge in [0.1, 0.15) is 0 Å². The van der Waals surface area contributed by atoms with Gasteiger partial charge in [0.2, 0.25) is 0 Å². The van der Waals surface area contributed by atoms with E-state index in [-0.39, 0.29) is 0 Å². The van der Waals surface area contributed by atoms with Crippen LogP contribution in [0.25, 0.3) is 0 Å². The summed E-state index contributed by atoms with van der Waals surface area (Å²) in [6.45, 7) is 0.683. The van der Waals surface area contributed by atoms with Crippen LogP contribution in [0.2, 0.25) is 5.02 Å². The average Bonchev–Trinajstić information content (AvgIpc) is 2.70. The number of rotatable bonds is 3. The summed E-state index contributed by atoms with van der Waals surface area (Å²) in [5.41, 5.74) is 9.23. The minimum Gasteiger partial charge on any atom is -0.396 e. The summed E-state index contributed by atoms with van der Waals surface area (Å²) in [5, 5.41) is 2.55. The first-order valence-corrected chi connectivity index (χ1v) is 5.98. The van der Waals surface area contributed by atoms with Gasteiger partial charge in [-0.05, 0) is 6.07 Å². The molecule has 0 saturated carbocycles. The average molecular weight is 255 g/mol. The van der Waals surface area contributed by atoms with Crippen molar-refractivity contribution < 1.29 is 0 Å². The molecule has 0 bridgehead atoms. The van der Waals surface area contributed by atoms with Crippen molar-refractivity contribution in [2.45, 2.75) is 6.54 Å². The van der Waals surface area contributed by atoms with Gasteiger partial charge in [-0.1, -0.05) is 11.6 Å². The number of aromatic nitrogens is 2. The van der Waals surface area contributed by atoms with Crippen LogP contribution < -0.4 is 10.6 Å². The van der Waals surface area contributed by atoms with Crippen molar-refractivity contribution in [1.82, 2.24) is 9.97 Å². The van der Waals surface area contributed by atoms with E-state index in [1.807, 2.05) is 22.8 Å². The highest BCUT2D eigenvalue weighted by atomic mass is 35.5. The minimum absolute atomic E-state index is 0.545. The lowest BCUT2D eigenvalue weighted by atomic mass is 10.3. The maximum absolute atomic E-state index is 5.84. The van der Waals surface area contributed by atoms with Crippen LogP contribution >= 0.6 is 22.9 Å². The van der Waals surface area contributed by atoms with E-state index >= 15 is 0 Å². The van der Waals surface area contributed by atoms with Crippen molar-refractivity contribution in [3.05, 3.63) is 33.9 Å². The summed E-state index contributed by atoms with van der Waals surface area (Å²) in [7, 11) is 1.92.